The van der Waals surface area contributed by atoms with Crippen LogP contribution in [0.25, 0.3) is 0 Å². The standard InChI is InChI=1S/C22H34FN3O4/c1-21(2,3)30-20(27)25-11-9-19(18(23)16-25)26-14-13-24(12-10-22(26,28)29)15-17-7-5-4-6-8-17/h4-8,18-19,28-29H,9-16H2,1-3H3. The van der Waals surface area contributed by atoms with Crippen molar-refractivity contribution in [1.82, 2.24) is 14.7 Å². The normalized spacial score (nSPS) is 26.3. The van der Waals surface area contributed by atoms with E-state index in [-0.39, 0.29) is 13.0 Å². The zero-order valence-electron chi connectivity index (χ0n) is 18.1. The minimum absolute atomic E-state index is 0.110. The van der Waals surface area contributed by atoms with Gasteiger partial charge in [-0.25, -0.2) is 14.1 Å². The first kappa shape index (κ1) is 22.9. The largest absolute Gasteiger partial charge is 0.444 e. The van der Waals surface area contributed by atoms with Crippen molar-refractivity contribution in [2.45, 2.75) is 63.9 Å². The second-order valence-electron chi connectivity index (χ2n) is 9.28. The molecule has 30 heavy (non-hydrogen) atoms. The monoisotopic (exact) mass is 423 g/mol. The van der Waals surface area contributed by atoms with Crippen molar-refractivity contribution in [1.29, 1.82) is 0 Å². The Balaban J connectivity index is 1.61. The summed E-state index contributed by atoms with van der Waals surface area (Å²) < 4.78 is 20.4. The molecule has 3 rings (SSSR count). The van der Waals surface area contributed by atoms with Gasteiger partial charge >= 0.3 is 6.09 Å². The van der Waals surface area contributed by atoms with Crippen LogP contribution in [0.5, 0.6) is 0 Å². The first-order valence-corrected chi connectivity index (χ1v) is 10.6. The smallest absolute Gasteiger partial charge is 0.410 e. The molecule has 0 aliphatic carbocycles. The molecule has 0 spiro atoms. The van der Waals surface area contributed by atoms with Gasteiger partial charge in [-0.1, -0.05) is 30.3 Å². The molecule has 0 aromatic heterocycles. The van der Waals surface area contributed by atoms with Gasteiger partial charge in [-0.05, 0) is 32.8 Å². The minimum Gasteiger partial charge on any atom is -0.444 e. The Morgan fingerprint density at radius 2 is 1.87 bits per heavy atom. The van der Waals surface area contributed by atoms with Crippen molar-refractivity contribution >= 4 is 6.09 Å². The molecule has 8 heteroatoms. The van der Waals surface area contributed by atoms with E-state index >= 15 is 4.39 Å². The maximum Gasteiger partial charge on any atom is 0.410 e. The van der Waals surface area contributed by atoms with E-state index in [1.54, 1.807) is 20.8 Å². The molecular formula is C22H34FN3O4. The van der Waals surface area contributed by atoms with Crippen molar-refractivity contribution in [3.63, 3.8) is 0 Å². The van der Waals surface area contributed by atoms with Crippen LogP contribution in [0.15, 0.2) is 30.3 Å². The van der Waals surface area contributed by atoms with Crippen LogP contribution in [0, 0.1) is 0 Å². The fourth-order valence-electron chi connectivity index (χ4n) is 4.16. The second-order valence-corrected chi connectivity index (χ2v) is 9.28. The van der Waals surface area contributed by atoms with Gasteiger partial charge in [-0.3, -0.25) is 4.90 Å². The second kappa shape index (κ2) is 9.18. The minimum atomic E-state index is -2.07. The van der Waals surface area contributed by atoms with Crippen molar-refractivity contribution < 1.29 is 24.1 Å². The molecule has 1 aromatic rings. The zero-order chi connectivity index (χ0) is 21.9. The van der Waals surface area contributed by atoms with E-state index in [0.717, 1.165) is 5.56 Å². The number of alkyl halides is 1. The molecule has 2 heterocycles. The molecule has 1 aromatic carbocycles. The highest BCUT2D eigenvalue weighted by molar-refractivity contribution is 5.68. The lowest BCUT2D eigenvalue weighted by Crippen LogP contribution is -2.61. The van der Waals surface area contributed by atoms with Gasteiger partial charge < -0.3 is 19.8 Å². The summed E-state index contributed by atoms with van der Waals surface area (Å²) in [4.78, 5) is 17.2. The highest BCUT2D eigenvalue weighted by atomic mass is 19.1. The average molecular weight is 424 g/mol. The summed E-state index contributed by atoms with van der Waals surface area (Å²) >= 11 is 0. The number of halogens is 1. The number of hydrogen-bond donors (Lipinski definition) is 2. The summed E-state index contributed by atoms with van der Waals surface area (Å²) in [6.45, 7) is 7.69. The van der Waals surface area contributed by atoms with E-state index in [1.165, 1.54) is 9.80 Å². The summed E-state index contributed by atoms with van der Waals surface area (Å²) in [6, 6.07) is 9.35. The molecule has 0 radical (unpaired) electrons. The van der Waals surface area contributed by atoms with Crippen molar-refractivity contribution in [3.8, 4) is 0 Å². The maximum atomic E-state index is 15.1. The fourth-order valence-corrected chi connectivity index (χ4v) is 4.16. The number of benzene rings is 1. The van der Waals surface area contributed by atoms with E-state index < -0.39 is 29.8 Å². The SMILES string of the molecule is CC(C)(C)OC(=O)N1CCC(N2CCN(Cc3ccccc3)CCC2(O)O)C(F)C1. The van der Waals surface area contributed by atoms with Gasteiger partial charge in [0.25, 0.3) is 0 Å². The summed E-state index contributed by atoms with van der Waals surface area (Å²) in [6.07, 6.45) is -1.49. The number of carbonyl (C=O) groups is 1. The lowest BCUT2D eigenvalue weighted by molar-refractivity contribution is -0.281. The van der Waals surface area contributed by atoms with Crippen LogP contribution in [-0.2, 0) is 11.3 Å². The van der Waals surface area contributed by atoms with Crippen LogP contribution in [0.2, 0.25) is 0 Å². The Morgan fingerprint density at radius 1 is 1.17 bits per heavy atom. The number of piperidine rings is 1. The molecule has 2 unspecified atom stereocenters. The quantitative estimate of drug-likeness (QED) is 0.726. The van der Waals surface area contributed by atoms with E-state index in [4.69, 9.17) is 4.74 Å². The first-order chi connectivity index (χ1) is 14.0. The molecule has 7 nitrogen and oxygen atoms in total. The number of carbonyl (C=O) groups excluding carboxylic acids is 1. The number of amides is 1. The van der Waals surface area contributed by atoms with E-state index in [0.29, 0.717) is 39.1 Å². The summed E-state index contributed by atoms with van der Waals surface area (Å²) in [5.74, 6) is -2.07. The number of hydrogen-bond acceptors (Lipinski definition) is 6. The van der Waals surface area contributed by atoms with Crippen molar-refractivity contribution in [2.24, 2.45) is 0 Å². The van der Waals surface area contributed by atoms with Crippen molar-refractivity contribution in [3.05, 3.63) is 35.9 Å². The van der Waals surface area contributed by atoms with Crippen LogP contribution < -0.4 is 0 Å². The highest BCUT2D eigenvalue weighted by Gasteiger charge is 2.45. The molecule has 2 N–H and O–H groups in total. The third-order valence-electron chi connectivity index (χ3n) is 5.69. The molecule has 2 atom stereocenters. The number of ether oxygens (including phenoxy) is 1. The Kier molecular flexibility index (Phi) is 7.02. The molecule has 2 aliphatic rings. The Hall–Kier alpha value is -1.74. The van der Waals surface area contributed by atoms with Gasteiger partial charge in [0.15, 0.2) is 0 Å². The number of likely N-dealkylation sites (tertiary alicyclic amines) is 1. The van der Waals surface area contributed by atoms with Crippen molar-refractivity contribution in [2.75, 3.05) is 32.7 Å². The van der Waals surface area contributed by atoms with Crippen LogP contribution in [-0.4, -0.2) is 87.5 Å². The number of nitrogens with zero attached hydrogens (tertiary/aromatic N) is 3. The summed E-state index contributed by atoms with van der Waals surface area (Å²) in [5, 5.41) is 21.4. The van der Waals surface area contributed by atoms with E-state index in [9.17, 15) is 15.0 Å². The third-order valence-corrected chi connectivity index (χ3v) is 5.69. The molecule has 2 fully saturated rings. The molecule has 168 valence electrons. The Morgan fingerprint density at radius 3 is 2.50 bits per heavy atom. The van der Waals surface area contributed by atoms with Crippen LogP contribution >= 0.6 is 0 Å². The highest BCUT2D eigenvalue weighted by Crippen LogP contribution is 2.29. The predicted molar refractivity (Wildman–Crippen MR) is 111 cm³/mol. The molecular weight excluding hydrogens is 389 g/mol. The molecule has 1 amide bonds. The predicted octanol–water partition coefficient (Wildman–Crippen LogP) is 2.18. The van der Waals surface area contributed by atoms with Gasteiger partial charge in [0.1, 0.15) is 11.8 Å². The van der Waals surface area contributed by atoms with E-state index in [2.05, 4.69) is 4.90 Å². The van der Waals surface area contributed by atoms with Gasteiger partial charge in [0, 0.05) is 45.2 Å². The fraction of sp³-hybridized carbons (Fsp3) is 0.682. The van der Waals surface area contributed by atoms with Crippen LogP contribution in [0.4, 0.5) is 9.18 Å². The van der Waals surface area contributed by atoms with Crippen LogP contribution in [0.3, 0.4) is 0 Å². The van der Waals surface area contributed by atoms with Gasteiger partial charge in [-0.2, -0.15) is 0 Å². The molecule has 2 saturated heterocycles. The lowest BCUT2D eigenvalue weighted by atomic mass is 10.00. The average Bonchev–Trinajstić information content (AvgIpc) is 2.80. The first-order valence-electron chi connectivity index (χ1n) is 10.6. The summed E-state index contributed by atoms with van der Waals surface area (Å²) in [7, 11) is 0. The number of rotatable bonds is 3. The lowest BCUT2D eigenvalue weighted by Gasteiger charge is -2.44. The maximum absolute atomic E-state index is 15.1. The Labute approximate surface area is 178 Å². The molecule has 2 aliphatic heterocycles. The van der Waals surface area contributed by atoms with Gasteiger partial charge in [0.05, 0.1) is 6.54 Å². The zero-order valence-corrected chi connectivity index (χ0v) is 18.1. The summed E-state index contributed by atoms with van der Waals surface area (Å²) in [5.41, 5.74) is 0.513. The van der Waals surface area contributed by atoms with Crippen LogP contribution in [0.1, 0.15) is 39.2 Å². The molecule has 0 saturated carbocycles. The third kappa shape index (κ3) is 5.91. The Bertz CT molecular complexity index is 710. The molecule has 0 bridgehead atoms. The van der Waals surface area contributed by atoms with Gasteiger partial charge in [0.2, 0.25) is 5.91 Å². The van der Waals surface area contributed by atoms with E-state index in [1.807, 2.05) is 30.3 Å². The topological polar surface area (TPSA) is 76.5 Å². The van der Waals surface area contributed by atoms with Gasteiger partial charge in [-0.15, -0.1) is 0 Å². The number of aliphatic hydroxyl groups is 2.